The topological polar surface area (TPSA) is 87.6 Å². The minimum atomic E-state index is -0.933. The molecule has 0 saturated heterocycles. The van der Waals surface area contributed by atoms with Gasteiger partial charge in [-0.2, -0.15) is 0 Å². The molecule has 0 bridgehead atoms. The molecule has 120 valence electrons. The zero-order valence-corrected chi connectivity index (χ0v) is 13.0. The molecule has 0 fully saturated rings. The minimum Gasteiger partial charge on any atom is -0.465 e. The van der Waals surface area contributed by atoms with E-state index in [1.54, 1.807) is 18.2 Å². The molecule has 7 heteroatoms. The number of nitrogens with zero attached hydrogens (tertiary/aromatic N) is 3. The summed E-state index contributed by atoms with van der Waals surface area (Å²) < 4.78 is 5.76. The van der Waals surface area contributed by atoms with Gasteiger partial charge in [-0.1, -0.05) is 0 Å². The smallest absolute Gasteiger partial charge is 0.411 e. The number of carboxylic acid groups (broad SMARTS) is 1. The number of benzene rings is 1. The zero-order valence-electron chi connectivity index (χ0n) is 13.0. The predicted molar refractivity (Wildman–Crippen MR) is 86.4 cm³/mol. The number of carbonyl (C=O) groups is 1. The van der Waals surface area contributed by atoms with Crippen molar-refractivity contribution < 1.29 is 14.6 Å². The first kappa shape index (κ1) is 15.1. The van der Waals surface area contributed by atoms with Crippen LogP contribution in [-0.4, -0.2) is 33.8 Å². The average Bonchev–Trinajstić information content (AvgIpc) is 2.90. The van der Waals surface area contributed by atoms with Crippen molar-refractivity contribution in [1.82, 2.24) is 9.97 Å². The van der Waals surface area contributed by atoms with Gasteiger partial charge in [-0.15, -0.1) is 0 Å². The van der Waals surface area contributed by atoms with Crippen LogP contribution in [0.3, 0.4) is 0 Å². The molecule has 7 nitrogen and oxygen atoms in total. The lowest BCUT2D eigenvalue weighted by Gasteiger charge is -2.13. The van der Waals surface area contributed by atoms with E-state index in [0.717, 1.165) is 11.3 Å². The van der Waals surface area contributed by atoms with E-state index in [9.17, 15) is 4.79 Å². The van der Waals surface area contributed by atoms with Crippen LogP contribution in [0.4, 0.5) is 16.3 Å². The van der Waals surface area contributed by atoms with E-state index < -0.39 is 6.09 Å². The predicted octanol–water partition coefficient (Wildman–Crippen LogP) is 3.13. The van der Waals surface area contributed by atoms with Crippen molar-refractivity contribution >= 4 is 17.6 Å². The van der Waals surface area contributed by atoms with Gasteiger partial charge in [0.2, 0.25) is 5.88 Å². The Balaban J connectivity index is 1.78. The molecule has 3 rings (SSSR count). The lowest BCUT2D eigenvalue weighted by Crippen LogP contribution is -2.26. The molecule has 0 unspecified atom stereocenters. The van der Waals surface area contributed by atoms with E-state index >= 15 is 0 Å². The van der Waals surface area contributed by atoms with Gasteiger partial charge in [-0.3, -0.25) is 4.90 Å². The molecule has 0 spiro atoms. The summed E-state index contributed by atoms with van der Waals surface area (Å²) >= 11 is 0. The SMILES string of the molecule is CC(C)Nc1cc(Oc2ccc3c(c2)CCN3C(=O)O)ncn1. The van der Waals surface area contributed by atoms with Gasteiger partial charge in [0.15, 0.2) is 0 Å². The Morgan fingerprint density at radius 2 is 2.17 bits per heavy atom. The van der Waals surface area contributed by atoms with Crippen molar-refractivity contribution in [3.63, 3.8) is 0 Å². The Bertz CT molecular complexity index is 733. The molecule has 1 aliphatic heterocycles. The molecule has 0 aliphatic carbocycles. The number of aromatic nitrogens is 2. The Hall–Kier alpha value is -2.83. The minimum absolute atomic E-state index is 0.264. The fourth-order valence-corrected chi connectivity index (χ4v) is 2.53. The number of rotatable bonds is 4. The highest BCUT2D eigenvalue weighted by Crippen LogP contribution is 2.32. The normalized spacial score (nSPS) is 13.1. The van der Waals surface area contributed by atoms with Crippen LogP contribution in [0.25, 0.3) is 0 Å². The molecule has 0 atom stereocenters. The van der Waals surface area contributed by atoms with Crippen LogP contribution in [0.15, 0.2) is 30.6 Å². The number of fused-ring (bicyclic) bond motifs is 1. The van der Waals surface area contributed by atoms with Crippen LogP contribution < -0.4 is 15.0 Å². The summed E-state index contributed by atoms with van der Waals surface area (Å²) in [4.78, 5) is 20.7. The van der Waals surface area contributed by atoms with E-state index in [2.05, 4.69) is 15.3 Å². The van der Waals surface area contributed by atoms with E-state index in [-0.39, 0.29) is 6.04 Å². The number of anilines is 2. The lowest BCUT2D eigenvalue weighted by molar-refractivity contribution is 0.202. The zero-order chi connectivity index (χ0) is 16.4. The summed E-state index contributed by atoms with van der Waals surface area (Å²) in [6.45, 7) is 4.53. The third-order valence-corrected chi connectivity index (χ3v) is 3.48. The van der Waals surface area contributed by atoms with Crippen LogP contribution >= 0.6 is 0 Å². The van der Waals surface area contributed by atoms with Gasteiger partial charge >= 0.3 is 6.09 Å². The Kier molecular flexibility index (Phi) is 4.01. The molecule has 1 aromatic heterocycles. The highest BCUT2D eigenvalue weighted by Gasteiger charge is 2.24. The second-order valence-electron chi connectivity index (χ2n) is 5.62. The summed E-state index contributed by atoms with van der Waals surface area (Å²) in [5.41, 5.74) is 1.68. The quantitative estimate of drug-likeness (QED) is 0.901. The standard InChI is InChI=1S/C16H18N4O3/c1-10(2)19-14-8-15(18-9-17-14)23-12-3-4-13-11(7-12)5-6-20(13)16(21)22/h3-4,7-10H,5-6H2,1-2H3,(H,21,22)(H,17,18,19). The van der Waals surface area contributed by atoms with Gasteiger partial charge in [0.25, 0.3) is 0 Å². The average molecular weight is 314 g/mol. The molecule has 0 radical (unpaired) electrons. The highest BCUT2D eigenvalue weighted by molar-refractivity contribution is 5.89. The fourth-order valence-electron chi connectivity index (χ4n) is 2.53. The first-order valence-electron chi connectivity index (χ1n) is 7.43. The Morgan fingerprint density at radius 1 is 1.35 bits per heavy atom. The van der Waals surface area contributed by atoms with E-state index in [1.807, 2.05) is 19.9 Å². The van der Waals surface area contributed by atoms with Gasteiger partial charge in [-0.05, 0) is 44.0 Å². The van der Waals surface area contributed by atoms with Gasteiger partial charge in [-0.25, -0.2) is 14.8 Å². The molecule has 1 aliphatic rings. The van der Waals surface area contributed by atoms with Gasteiger partial charge < -0.3 is 15.2 Å². The maximum atomic E-state index is 11.1. The molecule has 1 aromatic carbocycles. The van der Waals surface area contributed by atoms with E-state index in [1.165, 1.54) is 11.2 Å². The number of ether oxygens (including phenoxy) is 1. The van der Waals surface area contributed by atoms with Crippen LogP contribution in [0.5, 0.6) is 11.6 Å². The van der Waals surface area contributed by atoms with Crippen LogP contribution in [0.1, 0.15) is 19.4 Å². The molecular formula is C16H18N4O3. The molecule has 2 heterocycles. The molecular weight excluding hydrogens is 296 g/mol. The maximum Gasteiger partial charge on any atom is 0.411 e. The van der Waals surface area contributed by atoms with Crippen molar-refractivity contribution in [2.75, 3.05) is 16.8 Å². The van der Waals surface area contributed by atoms with E-state index in [0.29, 0.717) is 30.4 Å². The third kappa shape index (κ3) is 3.33. The molecule has 1 amide bonds. The second kappa shape index (κ2) is 6.12. The number of nitrogens with one attached hydrogen (secondary N) is 1. The monoisotopic (exact) mass is 314 g/mol. The first-order valence-corrected chi connectivity index (χ1v) is 7.43. The molecule has 2 aromatic rings. The molecule has 23 heavy (non-hydrogen) atoms. The number of hydrogen-bond acceptors (Lipinski definition) is 5. The first-order chi connectivity index (χ1) is 11.0. The summed E-state index contributed by atoms with van der Waals surface area (Å²) in [6, 6.07) is 7.37. The largest absolute Gasteiger partial charge is 0.465 e. The second-order valence-corrected chi connectivity index (χ2v) is 5.62. The number of amides is 1. The van der Waals surface area contributed by atoms with Gasteiger partial charge in [0.1, 0.15) is 17.9 Å². The van der Waals surface area contributed by atoms with Crippen LogP contribution in [0.2, 0.25) is 0 Å². The summed E-state index contributed by atoms with van der Waals surface area (Å²) in [5, 5.41) is 12.3. The summed E-state index contributed by atoms with van der Waals surface area (Å²) in [7, 11) is 0. The van der Waals surface area contributed by atoms with E-state index in [4.69, 9.17) is 9.84 Å². The van der Waals surface area contributed by atoms with Crippen LogP contribution in [-0.2, 0) is 6.42 Å². The summed E-state index contributed by atoms with van der Waals surface area (Å²) in [6.07, 6.45) is 1.19. The summed E-state index contributed by atoms with van der Waals surface area (Å²) in [5.74, 6) is 1.77. The van der Waals surface area contributed by atoms with Gasteiger partial charge in [0, 0.05) is 18.7 Å². The maximum absolute atomic E-state index is 11.1. The molecule has 2 N–H and O–H groups in total. The highest BCUT2D eigenvalue weighted by atomic mass is 16.5. The van der Waals surface area contributed by atoms with Crippen molar-refractivity contribution in [3.05, 3.63) is 36.2 Å². The molecule has 0 saturated carbocycles. The van der Waals surface area contributed by atoms with Crippen molar-refractivity contribution in [1.29, 1.82) is 0 Å². The van der Waals surface area contributed by atoms with Crippen molar-refractivity contribution in [2.45, 2.75) is 26.3 Å². The lowest BCUT2D eigenvalue weighted by atomic mass is 10.1. The fraction of sp³-hybridized carbons (Fsp3) is 0.312. The Labute approximate surface area is 133 Å². The van der Waals surface area contributed by atoms with Crippen LogP contribution in [0, 0.1) is 0 Å². The number of hydrogen-bond donors (Lipinski definition) is 2. The van der Waals surface area contributed by atoms with Crippen molar-refractivity contribution in [3.8, 4) is 11.6 Å². The van der Waals surface area contributed by atoms with Crippen molar-refractivity contribution in [2.24, 2.45) is 0 Å². The Morgan fingerprint density at radius 3 is 2.91 bits per heavy atom. The van der Waals surface area contributed by atoms with Gasteiger partial charge in [0.05, 0.1) is 5.69 Å². The third-order valence-electron chi connectivity index (χ3n) is 3.48.